The lowest BCUT2D eigenvalue weighted by Gasteiger charge is -2.10. The second-order valence-electron chi connectivity index (χ2n) is 3.48. The van der Waals surface area contributed by atoms with Gasteiger partial charge in [-0.1, -0.05) is 0 Å². The van der Waals surface area contributed by atoms with Gasteiger partial charge in [0.2, 0.25) is 5.91 Å². The van der Waals surface area contributed by atoms with Crippen molar-refractivity contribution in [1.82, 2.24) is 5.32 Å². The number of halogens is 3. The molecule has 1 unspecified atom stereocenters. The first kappa shape index (κ1) is 15.4. The molecule has 0 saturated heterocycles. The van der Waals surface area contributed by atoms with Gasteiger partial charge in [-0.15, -0.1) is 11.8 Å². The Morgan fingerprint density at radius 3 is 2.53 bits per heavy atom. The summed E-state index contributed by atoms with van der Waals surface area (Å²) in [5, 5.41) is 10.5. The van der Waals surface area contributed by atoms with Crippen molar-refractivity contribution in [3.05, 3.63) is 29.8 Å². The Morgan fingerprint density at radius 2 is 2.00 bits per heavy atom. The summed E-state index contributed by atoms with van der Waals surface area (Å²) in [5.41, 5.74) is 0. The van der Waals surface area contributed by atoms with Crippen LogP contribution in [0.2, 0.25) is 0 Å². The van der Waals surface area contributed by atoms with Crippen LogP contribution in [0.4, 0.5) is 13.2 Å². The first-order valence-electron chi connectivity index (χ1n) is 5.10. The highest BCUT2D eigenvalue weighted by molar-refractivity contribution is 8.00. The molecule has 0 saturated carbocycles. The van der Waals surface area contributed by atoms with E-state index in [-0.39, 0.29) is 5.75 Å². The van der Waals surface area contributed by atoms with Gasteiger partial charge in [-0.25, -0.2) is 18.0 Å². The molecule has 1 atom stereocenters. The Bertz CT molecular complexity index is 484. The van der Waals surface area contributed by atoms with Gasteiger partial charge in [-0.05, 0) is 18.2 Å². The van der Waals surface area contributed by atoms with Gasteiger partial charge < -0.3 is 10.4 Å². The molecule has 0 aliphatic rings. The molecular weight excluding hydrogens is 283 g/mol. The number of hydrogen-bond donors (Lipinski definition) is 2. The zero-order valence-electron chi connectivity index (χ0n) is 9.53. The van der Waals surface area contributed by atoms with Gasteiger partial charge in [0.15, 0.2) is 17.7 Å². The Morgan fingerprint density at radius 1 is 1.32 bits per heavy atom. The van der Waals surface area contributed by atoms with Crippen LogP contribution in [-0.2, 0) is 9.59 Å². The van der Waals surface area contributed by atoms with E-state index >= 15 is 0 Å². The van der Waals surface area contributed by atoms with E-state index < -0.39 is 36.2 Å². The quantitative estimate of drug-likeness (QED) is 0.782. The predicted octanol–water partition coefficient (Wildman–Crippen LogP) is 1.60. The first-order valence-corrected chi connectivity index (χ1v) is 6.08. The highest BCUT2D eigenvalue weighted by Gasteiger charge is 2.19. The summed E-state index contributed by atoms with van der Waals surface area (Å²) in [5.74, 6) is -4.46. The standard InChI is InChI=1S/C11H10F3NO3S/c12-4-9(11(17)18)15-10(16)5-19-6-1-2-7(13)8(14)3-6/h1-3,9H,4-5H2,(H,15,16)(H,17,18). The zero-order chi connectivity index (χ0) is 14.4. The normalized spacial score (nSPS) is 11.9. The number of thioether (sulfide) groups is 1. The van der Waals surface area contributed by atoms with E-state index in [1.165, 1.54) is 6.07 Å². The molecule has 0 fully saturated rings. The van der Waals surface area contributed by atoms with E-state index in [9.17, 15) is 22.8 Å². The summed E-state index contributed by atoms with van der Waals surface area (Å²) in [6, 6.07) is 1.51. The number of rotatable bonds is 6. The Hall–Kier alpha value is -1.70. The maximum atomic E-state index is 12.9. The molecule has 1 aromatic rings. The summed E-state index contributed by atoms with van der Waals surface area (Å²) in [4.78, 5) is 22.1. The third-order valence-corrected chi connectivity index (χ3v) is 3.04. The minimum Gasteiger partial charge on any atom is -0.480 e. The van der Waals surface area contributed by atoms with E-state index in [1.807, 2.05) is 5.32 Å². The molecule has 1 aromatic carbocycles. The molecule has 19 heavy (non-hydrogen) atoms. The van der Waals surface area contributed by atoms with E-state index in [1.54, 1.807) is 0 Å². The third kappa shape index (κ3) is 4.82. The van der Waals surface area contributed by atoms with Gasteiger partial charge in [0.05, 0.1) is 5.75 Å². The van der Waals surface area contributed by atoms with Crippen LogP contribution in [0.1, 0.15) is 0 Å². The van der Waals surface area contributed by atoms with E-state index in [0.717, 1.165) is 23.9 Å². The van der Waals surface area contributed by atoms with E-state index in [4.69, 9.17) is 5.11 Å². The molecule has 1 rings (SSSR count). The van der Waals surface area contributed by atoms with Gasteiger partial charge >= 0.3 is 5.97 Å². The first-order chi connectivity index (χ1) is 8.93. The lowest BCUT2D eigenvalue weighted by atomic mass is 10.3. The smallest absolute Gasteiger partial charge is 0.328 e. The molecule has 8 heteroatoms. The number of hydrogen-bond acceptors (Lipinski definition) is 3. The van der Waals surface area contributed by atoms with Crippen molar-refractivity contribution in [3.8, 4) is 0 Å². The second-order valence-corrected chi connectivity index (χ2v) is 4.53. The zero-order valence-corrected chi connectivity index (χ0v) is 10.3. The van der Waals surface area contributed by atoms with Crippen LogP contribution in [0.15, 0.2) is 23.1 Å². The van der Waals surface area contributed by atoms with Crippen LogP contribution in [0.25, 0.3) is 0 Å². The summed E-state index contributed by atoms with van der Waals surface area (Å²) >= 11 is 0.881. The topological polar surface area (TPSA) is 66.4 Å². The Kier molecular flexibility index (Phi) is 5.68. The minimum atomic E-state index is -1.60. The minimum absolute atomic E-state index is 0.227. The molecule has 104 valence electrons. The number of carboxylic acid groups (broad SMARTS) is 1. The molecule has 0 bridgehead atoms. The van der Waals surface area contributed by atoms with Crippen LogP contribution < -0.4 is 5.32 Å². The summed E-state index contributed by atoms with van der Waals surface area (Å²) in [6.45, 7) is -1.23. The number of carbonyl (C=O) groups excluding carboxylic acids is 1. The van der Waals surface area contributed by atoms with Gasteiger partial charge in [0, 0.05) is 4.90 Å². The number of nitrogens with one attached hydrogen (secondary N) is 1. The average Bonchev–Trinajstić information content (AvgIpc) is 2.37. The number of alkyl halides is 1. The Labute approximate surface area is 111 Å². The largest absolute Gasteiger partial charge is 0.480 e. The lowest BCUT2D eigenvalue weighted by molar-refractivity contribution is -0.141. The maximum Gasteiger partial charge on any atom is 0.328 e. The highest BCUT2D eigenvalue weighted by atomic mass is 32.2. The molecule has 1 amide bonds. The van der Waals surface area contributed by atoms with Gasteiger partial charge in [-0.3, -0.25) is 4.79 Å². The summed E-state index contributed by atoms with van der Waals surface area (Å²) in [7, 11) is 0. The number of carboxylic acids is 1. The van der Waals surface area contributed by atoms with Crippen LogP contribution in [0.3, 0.4) is 0 Å². The molecule has 0 aliphatic carbocycles. The monoisotopic (exact) mass is 293 g/mol. The molecule has 0 radical (unpaired) electrons. The number of benzene rings is 1. The van der Waals surface area contributed by atoms with Crippen LogP contribution in [0, 0.1) is 11.6 Å². The molecule has 0 aromatic heterocycles. The van der Waals surface area contributed by atoms with Crippen molar-refractivity contribution in [3.63, 3.8) is 0 Å². The van der Waals surface area contributed by atoms with Crippen molar-refractivity contribution in [2.24, 2.45) is 0 Å². The number of aliphatic carboxylic acids is 1. The molecule has 0 heterocycles. The van der Waals surface area contributed by atoms with E-state index in [0.29, 0.717) is 4.90 Å². The van der Waals surface area contributed by atoms with Crippen molar-refractivity contribution >= 4 is 23.6 Å². The molecule has 0 aliphatic heterocycles. The fraction of sp³-hybridized carbons (Fsp3) is 0.273. The van der Waals surface area contributed by atoms with Crippen LogP contribution >= 0.6 is 11.8 Å². The van der Waals surface area contributed by atoms with Crippen molar-refractivity contribution in [2.75, 3.05) is 12.4 Å². The lowest BCUT2D eigenvalue weighted by Crippen LogP contribution is -2.43. The second kappa shape index (κ2) is 7.03. The number of carbonyl (C=O) groups is 2. The predicted molar refractivity (Wildman–Crippen MR) is 62.6 cm³/mol. The third-order valence-electron chi connectivity index (χ3n) is 2.05. The average molecular weight is 293 g/mol. The van der Waals surface area contributed by atoms with Gasteiger partial charge in [0.25, 0.3) is 0 Å². The van der Waals surface area contributed by atoms with Crippen molar-refractivity contribution in [2.45, 2.75) is 10.9 Å². The fourth-order valence-corrected chi connectivity index (χ4v) is 1.85. The number of amides is 1. The maximum absolute atomic E-state index is 12.9. The SMILES string of the molecule is O=C(CSc1ccc(F)c(F)c1)NC(CF)C(=O)O. The highest BCUT2D eigenvalue weighted by Crippen LogP contribution is 2.20. The Balaban J connectivity index is 2.49. The van der Waals surface area contributed by atoms with Crippen LogP contribution in [0.5, 0.6) is 0 Å². The van der Waals surface area contributed by atoms with Crippen molar-refractivity contribution in [1.29, 1.82) is 0 Å². The molecule has 0 spiro atoms. The van der Waals surface area contributed by atoms with Crippen LogP contribution in [-0.4, -0.2) is 35.5 Å². The molecule has 2 N–H and O–H groups in total. The summed E-state index contributed by atoms with van der Waals surface area (Å²) in [6.07, 6.45) is 0. The fourth-order valence-electron chi connectivity index (χ4n) is 1.12. The van der Waals surface area contributed by atoms with Gasteiger partial charge in [0.1, 0.15) is 6.67 Å². The van der Waals surface area contributed by atoms with Gasteiger partial charge in [-0.2, -0.15) is 0 Å². The molecular formula is C11H10F3NO3S. The van der Waals surface area contributed by atoms with Crippen molar-refractivity contribution < 1.29 is 27.9 Å². The molecule has 4 nitrogen and oxygen atoms in total. The summed E-state index contributed by atoms with van der Waals surface area (Å²) < 4.78 is 37.7. The van der Waals surface area contributed by atoms with E-state index in [2.05, 4.69) is 0 Å².